The Morgan fingerprint density at radius 2 is 1.96 bits per heavy atom. The predicted molar refractivity (Wildman–Crippen MR) is 97.1 cm³/mol. The van der Waals surface area contributed by atoms with Crippen molar-refractivity contribution in [2.75, 3.05) is 0 Å². The van der Waals surface area contributed by atoms with Gasteiger partial charge >= 0.3 is 0 Å². The SMILES string of the molecule is CC1(C)[C@H]2CC[C@@]1(C)c1nc(S[C@@H]3Cc4ccccc4C3=O)nnc12. The molecule has 1 aromatic heterocycles. The smallest absolute Gasteiger partial charge is 0.210 e. The van der Waals surface area contributed by atoms with Gasteiger partial charge in [0, 0.05) is 16.9 Å². The number of nitrogens with zero attached hydrogens (tertiary/aromatic N) is 3. The van der Waals surface area contributed by atoms with E-state index in [2.05, 4.69) is 31.0 Å². The minimum Gasteiger partial charge on any atom is -0.293 e. The van der Waals surface area contributed by atoms with E-state index in [1.165, 1.54) is 18.2 Å². The van der Waals surface area contributed by atoms with Gasteiger partial charge < -0.3 is 0 Å². The highest BCUT2D eigenvalue weighted by Gasteiger charge is 2.61. The lowest BCUT2D eigenvalue weighted by atomic mass is 9.70. The number of hydrogen-bond acceptors (Lipinski definition) is 5. The molecule has 2 aromatic rings. The van der Waals surface area contributed by atoms with Gasteiger partial charge in [0.05, 0.1) is 16.6 Å². The zero-order valence-corrected chi connectivity index (χ0v) is 15.6. The van der Waals surface area contributed by atoms with Crippen LogP contribution in [0.1, 0.15) is 66.8 Å². The summed E-state index contributed by atoms with van der Waals surface area (Å²) in [5, 5.41) is 9.45. The quantitative estimate of drug-likeness (QED) is 0.820. The van der Waals surface area contributed by atoms with Crippen LogP contribution in [0.15, 0.2) is 29.4 Å². The third-order valence-electron chi connectivity index (χ3n) is 7.00. The minimum atomic E-state index is -0.128. The van der Waals surface area contributed by atoms with Crippen molar-refractivity contribution in [3.63, 3.8) is 0 Å². The zero-order valence-electron chi connectivity index (χ0n) is 14.7. The van der Waals surface area contributed by atoms with Gasteiger partial charge in [-0.05, 0) is 30.2 Å². The minimum absolute atomic E-state index is 0.0703. The van der Waals surface area contributed by atoms with E-state index in [9.17, 15) is 4.79 Å². The summed E-state index contributed by atoms with van der Waals surface area (Å²) in [4.78, 5) is 17.5. The second-order valence-electron chi connectivity index (χ2n) is 8.31. The number of fused-ring (bicyclic) bond motifs is 6. The number of hydrogen-bond donors (Lipinski definition) is 0. The maximum atomic E-state index is 12.6. The first-order chi connectivity index (χ1) is 11.9. The second kappa shape index (κ2) is 4.91. The monoisotopic (exact) mass is 351 g/mol. The Morgan fingerprint density at radius 1 is 1.16 bits per heavy atom. The van der Waals surface area contributed by atoms with Crippen molar-refractivity contribution in [3.05, 3.63) is 46.8 Å². The van der Waals surface area contributed by atoms with E-state index < -0.39 is 0 Å². The molecule has 0 N–H and O–H groups in total. The Kier molecular flexibility index (Phi) is 3.04. The summed E-state index contributed by atoms with van der Waals surface area (Å²) in [6, 6.07) is 7.88. The largest absolute Gasteiger partial charge is 0.293 e. The molecular formula is C20H21N3OS. The highest BCUT2D eigenvalue weighted by atomic mass is 32.2. The van der Waals surface area contributed by atoms with E-state index >= 15 is 0 Å². The molecule has 0 amide bonds. The van der Waals surface area contributed by atoms with E-state index in [0.29, 0.717) is 11.1 Å². The lowest BCUT2D eigenvalue weighted by molar-refractivity contribution is 0.1000. The van der Waals surface area contributed by atoms with Crippen LogP contribution in [0.3, 0.4) is 0 Å². The number of ketones is 1. The molecule has 0 aliphatic heterocycles. The van der Waals surface area contributed by atoms with Gasteiger partial charge in [0.2, 0.25) is 5.16 Å². The molecule has 4 nitrogen and oxygen atoms in total. The van der Waals surface area contributed by atoms with E-state index in [1.807, 2.05) is 24.3 Å². The Hall–Kier alpha value is -1.75. The second-order valence-corrected chi connectivity index (χ2v) is 9.48. The molecule has 0 saturated heterocycles. The molecule has 3 aliphatic carbocycles. The number of aromatic nitrogens is 3. The van der Waals surface area contributed by atoms with Crippen molar-refractivity contribution in [2.45, 2.75) is 61.8 Å². The number of Topliss-reactive ketones (excluding diaryl/α,β-unsaturated/α-hetero) is 1. The average Bonchev–Trinajstić information content (AvgIpc) is 3.09. The first-order valence-electron chi connectivity index (χ1n) is 8.96. The standard InChI is InChI=1S/C20H21N3OS/c1-19(2)13-8-9-20(19,3)17-15(13)22-23-18(21-17)25-14-10-11-6-4-5-7-12(11)16(14)24/h4-7,13-14H,8-10H2,1-3H3/t13-,14+,20-/m0/s1. The van der Waals surface area contributed by atoms with Crippen LogP contribution in [0.2, 0.25) is 0 Å². The molecule has 5 rings (SSSR count). The molecule has 1 heterocycles. The Bertz CT molecular complexity index is 910. The number of carbonyl (C=O) groups is 1. The lowest BCUT2D eigenvalue weighted by Gasteiger charge is -2.34. The van der Waals surface area contributed by atoms with Gasteiger partial charge in [-0.1, -0.05) is 56.8 Å². The number of thioether (sulfide) groups is 1. The van der Waals surface area contributed by atoms with Crippen molar-refractivity contribution in [3.8, 4) is 0 Å². The predicted octanol–water partition coefficient (Wildman–Crippen LogP) is 3.95. The number of carbonyl (C=O) groups excluding carboxylic acids is 1. The van der Waals surface area contributed by atoms with E-state index in [1.54, 1.807) is 0 Å². The fraction of sp³-hybridized carbons (Fsp3) is 0.500. The molecule has 3 aliphatic rings. The van der Waals surface area contributed by atoms with Crippen LogP contribution >= 0.6 is 11.8 Å². The zero-order chi connectivity index (χ0) is 17.4. The van der Waals surface area contributed by atoms with Gasteiger partial charge in [-0.2, -0.15) is 5.10 Å². The maximum absolute atomic E-state index is 12.6. The van der Waals surface area contributed by atoms with Crippen LogP contribution in [-0.4, -0.2) is 26.2 Å². The molecule has 1 saturated carbocycles. The van der Waals surface area contributed by atoms with Gasteiger partial charge in [-0.25, -0.2) is 4.98 Å². The topological polar surface area (TPSA) is 55.7 Å². The summed E-state index contributed by atoms with van der Waals surface area (Å²) < 4.78 is 0. The Labute approximate surface area is 151 Å². The van der Waals surface area contributed by atoms with Crippen LogP contribution in [-0.2, 0) is 11.8 Å². The molecule has 5 heteroatoms. The lowest BCUT2D eigenvalue weighted by Crippen LogP contribution is -2.32. The van der Waals surface area contributed by atoms with Crippen LogP contribution in [0.25, 0.3) is 0 Å². The van der Waals surface area contributed by atoms with Gasteiger partial charge in [-0.3, -0.25) is 4.79 Å². The summed E-state index contributed by atoms with van der Waals surface area (Å²) in [5.74, 6) is 0.654. The first kappa shape index (κ1) is 15.5. The summed E-state index contributed by atoms with van der Waals surface area (Å²) in [6.45, 7) is 6.98. The third kappa shape index (κ3) is 1.90. The fourth-order valence-electron chi connectivity index (χ4n) is 5.04. The molecule has 1 aromatic carbocycles. The average molecular weight is 351 g/mol. The fourth-order valence-corrected chi connectivity index (χ4v) is 6.02. The molecule has 2 bridgehead atoms. The van der Waals surface area contributed by atoms with Gasteiger partial charge in [-0.15, -0.1) is 5.10 Å². The van der Waals surface area contributed by atoms with E-state index in [-0.39, 0.29) is 21.9 Å². The highest BCUT2D eigenvalue weighted by molar-refractivity contribution is 8.00. The first-order valence-corrected chi connectivity index (χ1v) is 9.84. The molecule has 0 spiro atoms. The van der Waals surface area contributed by atoms with Crippen molar-refractivity contribution < 1.29 is 4.79 Å². The molecule has 1 fully saturated rings. The van der Waals surface area contributed by atoms with Crippen LogP contribution in [0.4, 0.5) is 0 Å². The van der Waals surface area contributed by atoms with E-state index in [4.69, 9.17) is 4.98 Å². The third-order valence-corrected chi connectivity index (χ3v) is 8.05. The number of rotatable bonds is 2. The van der Waals surface area contributed by atoms with E-state index in [0.717, 1.165) is 35.4 Å². The van der Waals surface area contributed by atoms with Crippen LogP contribution in [0, 0.1) is 5.41 Å². The highest BCUT2D eigenvalue weighted by Crippen LogP contribution is 2.66. The van der Waals surface area contributed by atoms with Crippen LogP contribution < -0.4 is 0 Å². The molecule has 3 atom stereocenters. The van der Waals surface area contributed by atoms with Gasteiger partial charge in [0.1, 0.15) is 0 Å². The normalized spacial score (nSPS) is 31.2. The summed E-state index contributed by atoms with van der Waals surface area (Å²) in [7, 11) is 0. The van der Waals surface area contributed by atoms with Crippen molar-refractivity contribution >= 4 is 17.5 Å². The summed E-state index contributed by atoms with van der Waals surface area (Å²) in [5.41, 5.74) is 4.44. The molecular weight excluding hydrogens is 330 g/mol. The van der Waals surface area contributed by atoms with Crippen molar-refractivity contribution in [1.29, 1.82) is 0 Å². The number of benzene rings is 1. The molecule has 128 valence electrons. The maximum Gasteiger partial charge on any atom is 0.210 e. The van der Waals surface area contributed by atoms with Crippen LogP contribution in [0.5, 0.6) is 0 Å². The van der Waals surface area contributed by atoms with Crippen molar-refractivity contribution in [1.82, 2.24) is 15.2 Å². The molecule has 0 radical (unpaired) electrons. The van der Waals surface area contributed by atoms with Gasteiger partial charge in [0.15, 0.2) is 5.78 Å². The Balaban J connectivity index is 1.47. The molecule has 0 unspecified atom stereocenters. The van der Waals surface area contributed by atoms with Gasteiger partial charge in [0.25, 0.3) is 0 Å². The molecule has 25 heavy (non-hydrogen) atoms. The Morgan fingerprint density at radius 3 is 2.76 bits per heavy atom. The van der Waals surface area contributed by atoms with Crippen molar-refractivity contribution in [2.24, 2.45) is 5.41 Å². The summed E-state index contributed by atoms with van der Waals surface area (Å²) in [6.07, 6.45) is 3.09. The summed E-state index contributed by atoms with van der Waals surface area (Å²) >= 11 is 1.47.